The van der Waals surface area contributed by atoms with Crippen molar-refractivity contribution in [1.82, 2.24) is 29.4 Å². The predicted molar refractivity (Wildman–Crippen MR) is 227 cm³/mol. The number of hydrogen-bond donors (Lipinski definition) is 2. The summed E-state index contributed by atoms with van der Waals surface area (Å²) in [5.74, 6) is 2.11. The third-order valence-corrected chi connectivity index (χ3v) is 15.1. The molecule has 12 heteroatoms. The Morgan fingerprint density at radius 1 is 0.589 bits per heavy atom. The van der Waals surface area contributed by atoms with Gasteiger partial charge >= 0.3 is 0 Å². The molecule has 2 aliphatic carbocycles. The number of rotatable bonds is 13. The van der Waals surface area contributed by atoms with Crippen molar-refractivity contribution < 1.29 is 9.59 Å². The third kappa shape index (κ3) is 8.93. The lowest BCUT2D eigenvalue weighted by atomic mass is 9.83. The number of fused-ring (bicyclic) bond motifs is 2. The van der Waals surface area contributed by atoms with E-state index in [1.807, 2.05) is 46.2 Å². The van der Waals surface area contributed by atoms with Gasteiger partial charge in [0.05, 0.1) is 60.0 Å². The minimum atomic E-state index is -0.641. The van der Waals surface area contributed by atoms with Crippen LogP contribution in [0, 0.1) is 11.8 Å². The molecular weight excluding hydrogens is 737 g/mol. The molecule has 2 aromatic heterocycles. The summed E-state index contributed by atoms with van der Waals surface area (Å²) in [5, 5.41) is 9.96. The molecule has 0 saturated heterocycles. The zero-order valence-electron chi connectivity index (χ0n) is 32.6. The molecule has 1 unspecified atom stereocenters. The summed E-state index contributed by atoms with van der Waals surface area (Å²) in [7, 11) is 3.10. The van der Waals surface area contributed by atoms with Gasteiger partial charge in [-0.3, -0.25) is 19.0 Å². The number of nitrogens with zero attached hydrogens (tertiary/aromatic N) is 6. The molecule has 2 amide bonds. The fraction of sp³-hybridized carbons (Fsp3) is 0.545. The maximum Gasteiger partial charge on any atom is 0.241 e. The summed E-state index contributed by atoms with van der Waals surface area (Å²) in [5.41, 5.74) is 19.7. The van der Waals surface area contributed by atoms with E-state index >= 15 is 0 Å². The van der Waals surface area contributed by atoms with Crippen molar-refractivity contribution >= 4 is 33.4 Å². The standard InChI is InChI=1S/C44H58N8O2S2/c45-35(43(53)49-21-23-51-41(39(49)25-31-13-5-1-6-14-31)27-37(47-51)33-17-9-3-10-18-33)29-55-56-30-36(46)44(54)50-22-24-52-42(40(50)26-32-15-7-2-8-16-32)28-38(48-52)34-19-11-4-12-20-34/h3-4,9-12,17-20,27-28,31-32,35-36,39-40H,1-2,5-8,13-16,21-26,29-30,45-46H2/t35-,36?,39+,40+/m0/s1. The topological polar surface area (TPSA) is 128 Å². The van der Waals surface area contributed by atoms with E-state index in [9.17, 15) is 9.59 Å². The molecule has 2 saturated carbocycles. The zero-order chi connectivity index (χ0) is 38.4. The first-order valence-electron chi connectivity index (χ1n) is 21.1. The maximum atomic E-state index is 14.1. The normalized spacial score (nSPS) is 21.7. The third-order valence-electron chi connectivity index (χ3n) is 12.6. The Morgan fingerprint density at radius 2 is 0.982 bits per heavy atom. The van der Waals surface area contributed by atoms with Crippen molar-refractivity contribution in [3.05, 3.63) is 84.2 Å². The molecule has 2 aromatic carbocycles. The lowest BCUT2D eigenvalue weighted by Crippen LogP contribution is -2.51. The first-order chi connectivity index (χ1) is 27.4. The second-order valence-electron chi connectivity index (χ2n) is 16.4. The Kier molecular flexibility index (Phi) is 12.9. The minimum absolute atomic E-state index is 0.00153. The fourth-order valence-electron chi connectivity index (χ4n) is 9.61. The molecule has 8 rings (SSSR count). The molecule has 56 heavy (non-hydrogen) atoms. The number of hydrogen-bond acceptors (Lipinski definition) is 8. The van der Waals surface area contributed by atoms with Crippen molar-refractivity contribution in [1.29, 1.82) is 0 Å². The summed E-state index contributed by atoms with van der Waals surface area (Å²) < 4.78 is 4.23. The highest BCUT2D eigenvalue weighted by Gasteiger charge is 2.38. The van der Waals surface area contributed by atoms with Crippen LogP contribution in [0.1, 0.15) is 101 Å². The van der Waals surface area contributed by atoms with Gasteiger partial charge in [0.25, 0.3) is 0 Å². The van der Waals surface area contributed by atoms with Crippen molar-refractivity contribution in [2.45, 2.75) is 114 Å². The van der Waals surface area contributed by atoms with Crippen LogP contribution in [0.5, 0.6) is 0 Å². The second kappa shape index (κ2) is 18.3. The molecule has 10 nitrogen and oxygen atoms in total. The van der Waals surface area contributed by atoms with E-state index in [0.29, 0.717) is 49.5 Å². The van der Waals surface area contributed by atoms with Crippen LogP contribution in [0.4, 0.5) is 0 Å². The minimum Gasteiger partial charge on any atom is -0.331 e. The Labute approximate surface area is 339 Å². The number of amides is 2. The highest BCUT2D eigenvalue weighted by molar-refractivity contribution is 8.76. The summed E-state index contributed by atoms with van der Waals surface area (Å²) in [6, 6.07) is 23.6. The Hall–Kier alpha value is -3.58. The van der Waals surface area contributed by atoms with Gasteiger partial charge in [-0.15, -0.1) is 0 Å². The maximum absolute atomic E-state index is 14.1. The number of benzene rings is 2. The molecule has 2 aliphatic heterocycles. The van der Waals surface area contributed by atoms with Gasteiger partial charge in [-0.1, -0.05) is 146 Å². The highest BCUT2D eigenvalue weighted by atomic mass is 33.1. The average molecular weight is 795 g/mol. The van der Waals surface area contributed by atoms with Gasteiger partial charge in [0, 0.05) is 35.7 Å². The van der Waals surface area contributed by atoms with Crippen molar-refractivity contribution in [2.24, 2.45) is 23.3 Å². The van der Waals surface area contributed by atoms with Crippen LogP contribution in [0.15, 0.2) is 72.8 Å². The number of nitrogens with two attached hydrogens (primary N) is 2. The van der Waals surface area contributed by atoms with Crippen LogP contribution in [-0.4, -0.2) is 77.9 Å². The monoisotopic (exact) mass is 794 g/mol. The largest absolute Gasteiger partial charge is 0.331 e. The predicted octanol–water partition coefficient (Wildman–Crippen LogP) is 7.86. The summed E-state index contributed by atoms with van der Waals surface area (Å²) in [4.78, 5) is 32.3. The number of carbonyl (C=O) groups is 2. The molecule has 0 radical (unpaired) electrons. The number of carbonyl (C=O) groups excluding carboxylic acids is 2. The molecule has 4 aliphatic rings. The van der Waals surface area contributed by atoms with Crippen LogP contribution >= 0.6 is 21.6 Å². The molecule has 4 N–H and O–H groups in total. The molecule has 2 fully saturated rings. The van der Waals surface area contributed by atoms with E-state index in [-0.39, 0.29) is 23.9 Å². The van der Waals surface area contributed by atoms with Crippen LogP contribution < -0.4 is 11.5 Å². The Balaban J connectivity index is 0.891. The van der Waals surface area contributed by atoms with Crippen molar-refractivity contribution in [3.63, 3.8) is 0 Å². The Bertz CT molecular complexity index is 1770. The van der Waals surface area contributed by atoms with E-state index in [0.717, 1.165) is 46.7 Å². The van der Waals surface area contributed by atoms with E-state index in [4.69, 9.17) is 21.7 Å². The van der Waals surface area contributed by atoms with E-state index in [1.54, 1.807) is 21.6 Å². The molecule has 298 valence electrons. The Morgan fingerprint density at radius 3 is 1.38 bits per heavy atom. The van der Waals surface area contributed by atoms with E-state index in [1.165, 1.54) is 64.2 Å². The molecular formula is C44H58N8O2S2. The van der Waals surface area contributed by atoms with Crippen molar-refractivity contribution in [2.75, 3.05) is 24.6 Å². The van der Waals surface area contributed by atoms with Gasteiger partial charge in [-0.05, 0) is 36.8 Å². The van der Waals surface area contributed by atoms with Gasteiger partial charge in [-0.2, -0.15) is 10.2 Å². The molecule has 0 spiro atoms. The number of aromatic nitrogens is 4. The van der Waals surface area contributed by atoms with Crippen molar-refractivity contribution in [3.8, 4) is 22.5 Å². The van der Waals surface area contributed by atoms with E-state index in [2.05, 4.69) is 45.8 Å². The summed E-state index contributed by atoms with van der Waals surface area (Å²) in [6.07, 6.45) is 14.4. The molecule has 4 aromatic rings. The lowest BCUT2D eigenvalue weighted by molar-refractivity contribution is -0.137. The van der Waals surface area contributed by atoms with Crippen LogP contribution in [-0.2, 0) is 22.7 Å². The second-order valence-corrected chi connectivity index (χ2v) is 19.0. The fourth-order valence-corrected chi connectivity index (χ4v) is 11.8. The highest BCUT2D eigenvalue weighted by Crippen LogP contribution is 2.40. The van der Waals surface area contributed by atoms with Gasteiger partial charge in [0.1, 0.15) is 0 Å². The first-order valence-corrected chi connectivity index (χ1v) is 23.5. The SMILES string of the molecule is NC(CSSC[C@H](N)C(=O)N1CCn2nc(-c3ccccc3)cc2[C@H]1CC1CCCCC1)C(=O)N1CCn2nc(-c3ccccc3)cc2[C@H]1CC1CCCCC1. The van der Waals surface area contributed by atoms with Crippen LogP contribution in [0.25, 0.3) is 22.5 Å². The average Bonchev–Trinajstić information content (AvgIpc) is 3.89. The first kappa shape index (κ1) is 39.3. The smallest absolute Gasteiger partial charge is 0.241 e. The van der Waals surface area contributed by atoms with Crippen LogP contribution in [0.3, 0.4) is 0 Å². The molecule has 0 bridgehead atoms. The van der Waals surface area contributed by atoms with E-state index < -0.39 is 12.1 Å². The summed E-state index contributed by atoms with van der Waals surface area (Å²) >= 11 is 0. The quantitative estimate of drug-likeness (QED) is 0.104. The van der Waals surface area contributed by atoms with Gasteiger partial charge in [-0.25, -0.2) is 0 Å². The lowest BCUT2D eigenvalue weighted by Gasteiger charge is -2.40. The van der Waals surface area contributed by atoms with Gasteiger partial charge in [0.2, 0.25) is 11.8 Å². The summed E-state index contributed by atoms with van der Waals surface area (Å²) in [6.45, 7) is 2.53. The van der Waals surface area contributed by atoms with Crippen LogP contribution in [0.2, 0.25) is 0 Å². The molecule has 4 heterocycles. The van der Waals surface area contributed by atoms with Gasteiger partial charge in [0.15, 0.2) is 0 Å². The molecule has 4 atom stereocenters. The zero-order valence-corrected chi connectivity index (χ0v) is 34.2. The van der Waals surface area contributed by atoms with Gasteiger partial charge < -0.3 is 21.3 Å².